The summed E-state index contributed by atoms with van der Waals surface area (Å²) in [7, 11) is 1.42. The van der Waals surface area contributed by atoms with E-state index >= 15 is 0 Å². The van der Waals surface area contributed by atoms with E-state index in [4.69, 9.17) is 14.2 Å². The molecule has 1 atom stereocenters. The van der Waals surface area contributed by atoms with E-state index in [2.05, 4.69) is 5.32 Å². The zero-order chi connectivity index (χ0) is 20.9. The Morgan fingerprint density at radius 2 is 1.89 bits per heavy atom. The molecule has 0 bridgehead atoms. The predicted molar refractivity (Wildman–Crippen MR) is 92.6 cm³/mol. The molecular weight excluding hydrogens is 377 g/mol. The molecule has 0 saturated carbocycles. The second kappa shape index (κ2) is 8.80. The van der Waals surface area contributed by atoms with E-state index in [9.17, 15) is 23.2 Å². The molecule has 2 rings (SSSR count). The molecule has 1 aliphatic heterocycles. The number of nitrogens with zero attached hydrogens (tertiary/aromatic N) is 1. The minimum absolute atomic E-state index is 0.0157. The van der Waals surface area contributed by atoms with Gasteiger partial charge in [0.15, 0.2) is 0 Å². The fraction of sp³-hybridized carbons (Fsp3) is 0.368. The summed E-state index contributed by atoms with van der Waals surface area (Å²) in [5.41, 5.74) is -0.401. The van der Waals surface area contributed by atoms with Gasteiger partial charge in [-0.3, -0.25) is 0 Å². The van der Waals surface area contributed by atoms with Crippen LogP contribution in [0.5, 0.6) is 0 Å². The molecule has 1 aromatic carbocycles. The van der Waals surface area contributed by atoms with E-state index in [0.29, 0.717) is 11.4 Å². The van der Waals surface area contributed by atoms with Gasteiger partial charge in [-0.1, -0.05) is 18.2 Å². The van der Waals surface area contributed by atoms with Crippen molar-refractivity contribution in [1.29, 1.82) is 5.26 Å². The SMILES string of the molecule is COCCOC(=O)OC1=C(C)NC(C)=C(C#N)C1c1ccccc1C(F)(F)F. The van der Waals surface area contributed by atoms with Gasteiger partial charge in [-0.25, -0.2) is 4.79 Å². The van der Waals surface area contributed by atoms with Crippen LogP contribution in [0.15, 0.2) is 47.0 Å². The van der Waals surface area contributed by atoms with Gasteiger partial charge in [0, 0.05) is 12.8 Å². The van der Waals surface area contributed by atoms with Gasteiger partial charge in [0.2, 0.25) is 0 Å². The molecule has 1 unspecified atom stereocenters. The quantitative estimate of drug-likeness (QED) is 0.593. The van der Waals surface area contributed by atoms with Crippen LogP contribution in [-0.2, 0) is 20.4 Å². The standard InChI is InChI=1S/C19H19F3N2O4/c1-11-14(10-23)16(13-6-4-5-7-15(13)19(20,21)22)17(12(2)24-11)28-18(25)27-9-8-26-3/h4-7,16,24H,8-9H2,1-3H3. The average Bonchev–Trinajstić information content (AvgIpc) is 2.63. The van der Waals surface area contributed by atoms with Crippen molar-refractivity contribution in [2.45, 2.75) is 25.9 Å². The van der Waals surface area contributed by atoms with Gasteiger partial charge in [0.25, 0.3) is 0 Å². The third-order valence-electron chi connectivity index (χ3n) is 4.10. The topological polar surface area (TPSA) is 80.6 Å². The van der Waals surface area contributed by atoms with Crippen LogP contribution in [0.2, 0.25) is 0 Å². The lowest BCUT2D eigenvalue weighted by Gasteiger charge is -2.30. The molecule has 0 amide bonds. The number of nitrogens with one attached hydrogen (secondary N) is 1. The first kappa shape index (κ1) is 21.3. The monoisotopic (exact) mass is 396 g/mol. The number of alkyl halides is 3. The molecule has 9 heteroatoms. The van der Waals surface area contributed by atoms with Gasteiger partial charge < -0.3 is 19.5 Å². The number of ether oxygens (including phenoxy) is 3. The Kier molecular flexibility index (Phi) is 6.70. The molecule has 1 aliphatic rings. The lowest BCUT2D eigenvalue weighted by molar-refractivity contribution is -0.138. The number of carbonyl (C=O) groups is 1. The molecule has 0 fully saturated rings. The largest absolute Gasteiger partial charge is 0.513 e. The molecule has 0 radical (unpaired) electrons. The first-order chi connectivity index (χ1) is 13.2. The fourth-order valence-corrected chi connectivity index (χ4v) is 2.89. The second-order valence-electron chi connectivity index (χ2n) is 5.98. The molecular formula is C19H19F3N2O4. The van der Waals surface area contributed by atoms with E-state index < -0.39 is 23.8 Å². The number of nitriles is 1. The molecule has 1 heterocycles. The summed E-state index contributed by atoms with van der Waals surface area (Å²) in [6.45, 7) is 3.16. The molecule has 0 aliphatic carbocycles. The molecule has 0 aromatic heterocycles. The van der Waals surface area contributed by atoms with E-state index in [0.717, 1.165) is 6.07 Å². The number of methoxy groups -OCH3 is 1. The van der Waals surface area contributed by atoms with E-state index in [-0.39, 0.29) is 30.1 Å². The zero-order valence-electron chi connectivity index (χ0n) is 15.5. The van der Waals surface area contributed by atoms with Crippen LogP contribution >= 0.6 is 0 Å². The van der Waals surface area contributed by atoms with E-state index in [1.807, 2.05) is 6.07 Å². The number of carbonyl (C=O) groups excluding carboxylic acids is 1. The van der Waals surface area contributed by atoms with Gasteiger partial charge in [-0.2, -0.15) is 18.4 Å². The number of hydrogen-bond acceptors (Lipinski definition) is 6. The Bertz CT molecular complexity index is 853. The predicted octanol–water partition coefficient (Wildman–Crippen LogP) is 4.22. The maximum Gasteiger partial charge on any atom is 0.513 e. The summed E-state index contributed by atoms with van der Waals surface area (Å²) in [5, 5.41) is 12.4. The van der Waals surface area contributed by atoms with Gasteiger partial charge in [0.1, 0.15) is 12.4 Å². The van der Waals surface area contributed by atoms with Crippen molar-refractivity contribution in [2.75, 3.05) is 20.3 Å². The Labute approximate surface area is 160 Å². The van der Waals surface area contributed by atoms with Crippen molar-refractivity contribution >= 4 is 6.16 Å². The fourth-order valence-electron chi connectivity index (χ4n) is 2.89. The van der Waals surface area contributed by atoms with Crippen LogP contribution in [0.25, 0.3) is 0 Å². The van der Waals surface area contributed by atoms with Crippen LogP contribution in [0.4, 0.5) is 18.0 Å². The van der Waals surface area contributed by atoms with Crippen molar-refractivity contribution in [1.82, 2.24) is 5.32 Å². The normalized spacial score (nSPS) is 17.1. The zero-order valence-corrected chi connectivity index (χ0v) is 15.5. The third kappa shape index (κ3) is 4.64. The number of rotatable bonds is 5. The molecule has 1 N–H and O–H groups in total. The highest BCUT2D eigenvalue weighted by molar-refractivity contribution is 5.64. The summed E-state index contributed by atoms with van der Waals surface area (Å²) in [4.78, 5) is 12.0. The van der Waals surface area contributed by atoms with Crippen LogP contribution in [-0.4, -0.2) is 26.5 Å². The first-order valence-corrected chi connectivity index (χ1v) is 8.29. The lowest BCUT2D eigenvalue weighted by Crippen LogP contribution is -2.28. The van der Waals surface area contributed by atoms with Gasteiger partial charge in [0.05, 0.1) is 35.4 Å². The highest BCUT2D eigenvalue weighted by Crippen LogP contribution is 2.43. The molecule has 1 aromatic rings. The summed E-state index contributed by atoms with van der Waals surface area (Å²) >= 11 is 0. The summed E-state index contributed by atoms with van der Waals surface area (Å²) in [6.07, 6.45) is -5.74. The highest BCUT2D eigenvalue weighted by Gasteiger charge is 2.40. The highest BCUT2D eigenvalue weighted by atomic mass is 19.4. The smallest absolute Gasteiger partial charge is 0.432 e. The summed E-state index contributed by atoms with van der Waals surface area (Å²) in [6, 6.07) is 6.79. The Balaban J connectivity index is 2.51. The summed E-state index contributed by atoms with van der Waals surface area (Å²) in [5.74, 6) is -1.33. The Morgan fingerprint density at radius 3 is 2.50 bits per heavy atom. The average molecular weight is 396 g/mol. The molecule has 6 nitrogen and oxygen atoms in total. The Hall–Kier alpha value is -2.99. The number of benzene rings is 1. The third-order valence-corrected chi connectivity index (χ3v) is 4.10. The van der Waals surface area contributed by atoms with Gasteiger partial charge in [-0.15, -0.1) is 0 Å². The van der Waals surface area contributed by atoms with Crippen molar-refractivity contribution in [2.24, 2.45) is 0 Å². The minimum atomic E-state index is -4.64. The molecule has 150 valence electrons. The van der Waals surface area contributed by atoms with Crippen LogP contribution < -0.4 is 5.32 Å². The molecule has 0 spiro atoms. The lowest BCUT2D eigenvalue weighted by atomic mass is 9.83. The number of dihydropyridines is 1. The maximum atomic E-state index is 13.5. The van der Waals surface area contributed by atoms with Crippen LogP contribution in [0.1, 0.15) is 30.9 Å². The van der Waals surface area contributed by atoms with Crippen molar-refractivity contribution in [3.8, 4) is 6.07 Å². The molecule has 0 saturated heterocycles. The Morgan fingerprint density at radius 1 is 1.21 bits per heavy atom. The van der Waals surface area contributed by atoms with Gasteiger partial charge in [-0.05, 0) is 25.5 Å². The maximum absolute atomic E-state index is 13.5. The molecule has 28 heavy (non-hydrogen) atoms. The number of halogens is 3. The van der Waals surface area contributed by atoms with Crippen LogP contribution in [0, 0.1) is 11.3 Å². The van der Waals surface area contributed by atoms with Gasteiger partial charge >= 0.3 is 12.3 Å². The van der Waals surface area contributed by atoms with E-state index in [1.165, 1.54) is 25.3 Å². The van der Waals surface area contributed by atoms with Crippen molar-refractivity contribution in [3.05, 3.63) is 58.1 Å². The summed E-state index contributed by atoms with van der Waals surface area (Å²) < 4.78 is 55.5. The van der Waals surface area contributed by atoms with Crippen molar-refractivity contribution in [3.63, 3.8) is 0 Å². The second-order valence-corrected chi connectivity index (χ2v) is 5.98. The first-order valence-electron chi connectivity index (χ1n) is 8.29. The van der Waals surface area contributed by atoms with Crippen molar-refractivity contribution < 1.29 is 32.2 Å². The number of allylic oxidation sites excluding steroid dienone is 3. The van der Waals surface area contributed by atoms with E-state index in [1.54, 1.807) is 13.8 Å². The minimum Gasteiger partial charge on any atom is -0.432 e. The van der Waals surface area contributed by atoms with Crippen LogP contribution in [0.3, 0.4) is 0 Å². The number of hydrogen-bond donors (Lipinski definition) is 1.